The first-order valence-electron chi connectivity index (χ1n) is 5.55. The zero-order valence-electron chi connectivity index (χ0n) is 9.66. The van der Waals surface area contributed by atoms with Gasteiger partial charge < -0.3 is 11.1 Å². The summed E-state index contributed by atoms with van der Waals surface area (Å²) in [6.07, 6.45) is 2.53. The van der Waals surface area contributed by atoms with Crippen LogP contribution in [0.4, 0.5) is 15.8 Å². The van der Waals surface area contributed by atoms with Crippen molar-refractivity contribution in [3.05, 3.63) is 51.6 Å². The molecule has 0 unspecified atom stereocenters. The number of benzene rings is 1. The Morgan fingerprint density at radius 2 is 2.17 bits per heavy atom. The fraction of sp³-hybridized carbons (Fsp3) is 0.154. The van der Waals surface area contributed by atoms with E-state index in [1.807, 2.05) is 40.8 Å². The first-order valence-corrected chi connectivity index (χ1v) is 6.63. The van der Waals surface area contributed by atoms with Gasteiger partial charge in [0, 0.05) is 30.9 Å². The second-order valence-electron chi connectivity index (χ2n) is 3.85. The molecule has 2 rings (SSSR count). The molecule has 5 heteroatoms. The second-order valence-corrected chi connectivity index (χ2v) is 5.01. The number of nitrogens with two attached hydrogens (primary N) is 1. The Morgan fingerprint density at radius 1 is 1.33 bits per heavy atom. The van der Waals surface area contributed by atoms with Crippen LogP contribution < -0.4 is 11.1 Å². The number of hydrogen-bond acceptors (Lipinski definition) is 3. The van der Waals surface area contributed by atoms with E-state index >= 15 is 0 Å². The van der Waals surface area contributed by atoms with Crippen LogP contribution in [0.5, 0.6) is 0 Å². The van der Waals surface area contributed by atoms with Crippen LogP contribution in [-0.2, 0) is 6.42 Å². The third kappa shape index (κ3) is 3.32. The molecule has 0 atom stereocenters. The standard InChI is InChI=1S/C13H13FIN3/c14-10-7-13(12(16)8-11(10)15)18-6-4-9-3-1-2-5-17-9/h1-3,5,7-8,18H,4,6,16H2. The molecule has 1 heterocycles. The van der Waals surface area contributed by atoms with Crippen molar-refractivity contribution >= 4 is 34.0 Å². The van der Waals surface area contributed by atoms with Gasteiger partial charge in [0.15, 0.2) is 0 Å². The van der Waals surface area contributed by atoms with Crippen LogP contribution in [0.1, 0.15) is 5.69 Å². The van der Waals surface area contributed by atoms with Gasteiger partial charge in [0.25, 0.3) is 0 Å². The van der Waals surface area contributed by atoms with E-state index in [4.69, 9.17) is 5.73 Å². The molecule has 94 valence electrons. The highest BCUT2D eigenvalue weighted by Gasteiger charge is 2.05. The minimum absolute atomic E-state index is 0.259. The van der Waals surface area contributed by atoms with Crippen molar-refractivity contribution in [1.82, 2.24) is 4.98 Å². The molecule has 1 aromatic carbocycles. The molecule has 0 radical (unpaired) electrons. The largest absolute Gasteiger partial charge is 0.397 e. The molecule has 0 saturated carbocycles. The lowest BCUT2D eigenvalue weighted by molar-refractivity contribution is 0.621. The summed E-state index contributed by atoms with van der Waals surface area (Å²) in [4.78, 5) is 4.22. The zero-order chi connectivity index (χ0) is 13.0. The highest BCUT2D eigenvalue weighted by molar-refractivity contribution is 14.1. The van der Waals surface area contributed by atoms with Crippen molar-refractivity contribution in [2.24, 2.45) is 0 Å². The lowest BCUT2D eigenvalue weighted by atomic mass is 10.2. The predicted molar refractivity (Wildman–Crippen MR) is 80.0 cm³/mol. The molecular formula is C13H13FIN3. The summed E-state index contributed by atoms with van der Waals surface area (Å²) in [6, 6.07) is 8.83. The topological polar surface area (TPSA) is 50.9 Å². The highest BCUT2D eigenvalue weighted by Crippen LogP contribution is 2.23. The number of pyridine rings is 1. The van der Waals surface area contributed by atoms with Gasteiger partial charge in [0.2, 0.25) is 0 Å². The lowest BCUT2D eigenvalue weighted by Gasteiger charge is -2.10. The van der Waals surface area contributed by atoms with E-state index in [2.05, 4.69) is 10.3 Å². The van der Waals surface area contributed by atoms with Crippen LogP contribution in [0.15, 0.2) is 36.5 Å². The van der Waals surface area contributed by atoms with E-state index in [0.717, 1.165) is 12.1 Å². The van der Waals surface area contributed by atoms with Gasteiger partial charge in [-0.25, -0.2) is 4.39 Å². The number of nitrogens with one attached hydrogen (secondary N) is 1. The van der Waals surface area contributed by atoms with Gasteiger partial charge in [-0.15, -0.1) is 0 Å². The van der Waals surface area contributed by atoms with E-state index in [9.17, 15) is 4.39 Å². The van der Waals surface area contributed by atoms with Crippen LogP contribution >= 0.6 is 22.6 Å². The molecule has 0 spiro atoms. The molecule has 1 aromatic heterocycles. The Hall–Kier alpha value is -1.37. The van der Waals surface area contributed by atoms with Crippen molar-refractivity contribution in [3.8, 4) is 0 Å². The number of anilines is 2. The average molecular weight is 357 g/mol. The van der Waals surface area contributed by atoms with Crippen LogP contribution in [-0.4, -0.2) is 11.5 Å². The van der Waals surface area contributed by atoms with Gasteiger partial charge in [-0.05, 0) is 40.8 Å². The molecule has 0 aliphatic rings. The molecular weight excluding hydrogens is 344 g/mol. The monoisotopic (exact) mass is 357 g/mol. The number of aromatic nitrogens is 1. The number of nitrogens with zero attached hydrogens (tertiary/aromatic N) is 1. The van der Waals surface area contributed by atoms with Crippen molar-refractivity contribution in [2.75, 3.05) is 17.6 Å². The summed E-state index contributed by atoms with van der Waals surface area (Å²) in [7, 11) is 0. The van der Waals surface area contributed by atoms with Crippen LogP contribution in [0.2, 0.25) is 0 Å². The maximum Gasteiger partial charge on any atom is 0.138 e. The summed E-state index contributed by atoms with van der Waals surface area (Å²) in [5.41, 5.74) is 8.00. The quantitative estimate of drug-likeness (QED) is 0.653. The molecule has 0 aliphatic heterocycles. The summed E-state index contributed by atoms with van der Waals surface area (Å²) < 4.78 is 13.9. The Labute approximate surface area is 119 Å². The van der Waals surface area contributed by atoms with Gasteiger partial charge in [0.1, 0.15) is 5.82 Å². The second kappa shape index (κ2) is 5.99. The summed E-state index contributed by atoms with van der Waals surface area (Å²) in [6.45, 7) is 0.668. The predicted octanol–water partition coefficient (Wildman–Crippen LogP) is 3.06. The van der Waals surface area contributed by atoms with Crippen molar-refractivity contribution in [1.29, 1.82) is 0 Å². The Morgan fingerprint density at radius 3 is 2.89 bits per heavy atom. The number of hydrogen-bond donors (Lipinski definition) is 2. The van der Waals surface area contributed by atoms with Crippen molar-refractivity contribution in [2.45, 2.75) is 6.42 Å². The first-order chi connectivity index (χ1) is 8.66. The Kier molecular flexibility index (Phi) is 4.35. The lowest BCUT2D eigenvalue weighted by Crippen LogP contribution is -2.08. The number of halogens is 2. The SMILES string of the molecule is Nc1cc(I)c(F)cc1NCCc1ccccn1. The smallest absolute Gasteiger partial charge is 0.138 e. The minimum Gasteiger partial charge on any atom is -0.397 e. The van der Waals surface area contributed by atoms with Gasteiger partial charge in [-0.3, -0.25) is 4.98 Å². The Bertz CT molecular complexity index is 531. The maximum absolute atomic E-state index is 13.4. The first kappa shape index (κ1) is 13.1. The molecule has 3 nitrogen and oxygen atoms in total. The zero-order valence-corrected chi connectivity index (χ0v) is 11.8. The molecule has 0 saturated heterocycles. The van der Waals surface area contributed by atoms with E-state index < -0.39 is 0 Å². The van der Waals surface area contributed by atoms with Gasteiger partial charge >= 0.3 is 0 Å². The normalized spacial score (nSPS) is 10.3. The molecule has 0 bridgehead atoms. The fourth-order valence-electron chi connectivity index (χ4n) is 1.59. The van der Waals surface area contributed by atoms with E-state index in [0.29, 0.717) is 21.5 Å². The summed E-state index contributed by atoms with van der Waals surface area (Å²) in [5, 5.41) is 3.12. The Balaban J connectivity index is 1.97. The number of nitrogen functional groups attached to an aromatic ring is 1. The highest BCUT2D eigenvalue weighted by atomic mass is 127. The minimum atomic E-state index is -0.259. The molecule has 18 heavy (non-hydrogen) atoms. The fourth-order valence-corrected chi connectivity index (χ4v) is 2.08. The molecule has 0 aliphatic carbocycles. The van der Waals surface area contributed by atoms with E-state index in [-0.39, 0.29) is 5.82 Å². The third-order valence-corrected chi connectivity index (χ3v) is 3.34. The van der Waals surface area contributed by atoms with Crippen molar-refractivity contribution in [3.63, 3.8) is 0 Å². The molecule has 0 fully saturated rings. The average Bonchev–Trinajstić information content (AvgIpc) is 2.37. The summed E-state index contributed by atoms with van der Waals surface area (Å²) >= 11 is 1.92. The third-order valence-electron chi connectivity index (χ3n) is 2.52. The van der Waals surface area contributed by atoms with Crippen LogP contribution in [0, 0.1) is 9.39 Å². The maximum atomic E-state index is 13.4. The van der Waals surface area contributed by atoms with E-state index in [1.165, 1.54) is 6.07 Å². The number of rotatable bonds is 4. The van der Waals surface area contributed by atoms with Crippen LogP contribution in [0.25, 0.3) is 0 Å². The van der Waals surface area contributed by atoms with Gasteiger partial charge in [-0.1, -0.05) is 6.07 Å². The van der Waals surface area contributed by atoms with Gasteiger partial charge in [0.05, 0.1) is 14.9 Å². The molecule has 3 N–H and O–H groups in total. The summed E-state index contributed by atoms with van der Waals surface area (Å²) in [5.74, 6) is -0.259. The molecule has 0 amide bonds. The molecule has 2 aromatic rings. The van der Waals surface area contributed by atoms with E-state index in [1.54, 1.807) is 12.3 Å². The van der Waals surface area contributed by atoms with Crippen LogP contribution in [0.3, 0.4) is 0 Å². The van der Waals surface area contributed by atoms with Crippen molar-refractivity contribution < 1.29 is 4.39 Å². The van der Waals surface area contributed by atoms with Gasteiger partial charge in [-0.2, -0.15) is 0 Å².